The van der Waals surface area contributed by atoms with Crippen molar-refractivity contribution in [1.29, 1.82) is 0 Å². The predicted molar refractivity (Wildman–Crippen MR) is 69.7 cm³/mol. The number of halogens is 2. The van der Waals surface area contributed by atoms with E-state index in [1.807, 2.05) is 0 Å². The average molecular weight is 317 g/mol. The lowest BCUT2D eigenvalue weighted by Gasteiger charge is -2.10. The minimum Gasteiger partial charge on any atom is -0.351 e. The van der Waals surface area contributed by atoms with E-state index in [1.165, 1.54) is 17.0 Å². The highest BCUT2D eigenvalue weighted by Crippen LogP contribution is 2.18. The Morgan fingerprint density at radius 2 is 2.06 bits per heavy atom. The highest BCUT2D eigenvalue weighted by atomic mass is 79.9. The van der Waals surface area contributed by atoms with Gasteiger partial charge in [0.15, 0.2) is 0 Å². The van der Waals surface area contributed by atoms with Crippen molar-refractivity contribution in [3.63, 3.8) is 0 Å². The third-order valence-corrected chi connectivity index (χ3v) is 2.93. The van der Waals surface area contributed by atoms with Crippen molar-refractivity contribution < 1.29 is 14.0 Å². The van der Waals surface area contributed by atoms with E-state index in [-0.39, 0.29) is 28.9 Å². The van der Waals surface area contributed by atoms with Crippen LogP contribution in [0.25, 0.3) is 0 Å². The molecule has 1 aromatic rings. The fraction of sp³-hybridized carbons (Fsp3) is 0.333. The zero-order chi connectivity index (χ0) is 13.7. The second-order valence-corrected chi connectivity index (χ2v) is 4.75. The number of hydrogen-bond donors (Lipinski definition) is 1. The average Bonchev–Trinajstić information content (AvgIpc) is 2.32. The molecular formula is C12H14BrFN2O2. The Hall–Kier alpha value is -1.43. The van der Waals surface area contributed by atoms with Crippen molar-refractivity contribution in [2.45, 2.75) is 6.42 Å². The van der Waals surface area contributed by atoms with Gasteiger partial charge in [-0.15, -0.1) is 0 Å². The van der Waals surface area contributed by atoms with E-state index in [9.17, 15) is 14.0 Å². The summed E-state index contributed by atoms with van der Waals surface area (Å²) >= 11 is 3.01. The van der Waals surface area contributed by atoms with Gasteiger partial charge in [0.1, 0.15) is 5.82 Å². The highest BCUT2D eigenvalue weighted by molar-refractivity contribution is 9.10. The smallest absolute Gasteiger partial charge is 0.254 e. The van der Waals surface area contributed by atoms with E-state index in [0.717, 1.165) is 0 Å². The lowest BCUT2D eigenvalue weighted by Crippen LogP contribution is -2.30. The maximum Gasteiger partial charge on any atom is 0.254 e. The van der Waals surface area contributed by atoms with Crippen LogP contribution in [-0.2, 0) is 4.79 Å². The van der Waals surface area contributed by atoms with Gasteiger partial charge in [-0.2, -0.15) is 0 Å². The molecule has 0 aliphatic heterocycles. The number of amides is 2. The molecule has 0 aliphatic rings. The minimum atomic E-state index is -0.603. The van der Waals surface area contributed by atoms with Crippen molar-refractivity contribution in [3.05, 3.63) is 34.1 Å². The van der Waals surface area contributed by atoms with Gasteiger partial charge in [0.2, 0.25) is 5.91 Å². The topological polar surface area (TPSA) is 49.4 Å². The zero-order valence-corrected chi connectivity index (χ0v) is 11.8. The Balaban J connectivity index is 2.56. The summed E-state index contributed by atoms with van der Waals surface area (Å²) in [5.74, 6) is -1.22. The molecule has 98 valence electrons. The summed E-state index contributed by atoms with van der Waals surface area (Å²) < 4.78 is 13.8. The molecule has 0 atom stereocenters. The number of rotatable bonds is 4. The first kappa shape index (κ1) is 14.6. The van der Waals surface area contributed by atoms with Gasteiger partial charge in [-0.25, -0.2) is 4.39 Å². The molecule has 0 aromatic heterocycles. The first-order chi connectivity index (χ1) is 8.43. The summed E-state index contributed by atoms with van der Waals surface area (Å²) in [7, 11) is 3.27. The fourth-order valence-electron chi connectivity index (χ4n) is 1.28. The number of benzene rings is 1. The van der Waals surface area contributed by atoms with Gasteiger partial charge in [0.05, 0.1) is 10.0 Å². The molecule has 0 heterocycles. The van der Waals surface area contributed by atoms with Gasteiger partial charge >= 0.3 is 0 Å². The van der Waals surface area contributed by atoms with Crippen LogP contribution in [0, 0.1) is 5.82 Å². The van der Waals surface area contributed by atoms with Crippen molar-refractivity contribution in [2.24, 2.45) is 0 Å². The highest BCUT2D eigenvalue weighted by Gasteiger charge is 2.13. The Bertz CT molecular complexity index is 463. The molecule has 0 aliphatic carbocycles. The molecule has 2 amide bonds. The normalized spacial score (nSPS) is 10.0. The van der Waals surface area contributed by atoms with Crippen molar-refractivity contribution in [2.75, 3.05) is 20.6 Å². The Kier molecular flexibility index (Phi) is 5.27. The molecule has 1 aromatic carbocycles. The van der Waals surface area contributed by atoms with Crippen LogP contribution in [0.4, 0.5) is 4.39 Å². The van der Waals surface area contributed by atoms with Gasteiger partial charge in [-0.1, -0.05) is 6.07 Å². The number of hydrogen-bond acceptors (Lipinski definition) is 2. The van der Waals surface area contributed by atoms with E-state index >= 15 is 0 Å². The largest absolute Gasteiger partial charge is 0.351 e. The molecule has 0 fully saturated rings. The van der Waals surface area contributed by atoms with Crippen LogP contribution in [-0.4, -0.2) is 37.4 Å². The van der Waals surface area contributed by atoms with E-state index in [4.69, 9.17) is 0 Å². The van der Waals surface area contributed by atoms with Crippen LogP contribution >= 0.6 is 15.9 Å². The van der Waals surface area contributed by atoms with Crippen LogP contribution in [0.2, 0.25) is 0 Å². The summed E-state index contributed by atoms with van der Waals surface area (Å²) in [5.41, 5.74) is -0.0401. The Morgan fingerprint density at radius 3 is 2.67 bits per heavy atom. The van der Waals surface area contributed by atoms with Gasteiger partial charge in [0, 0.05) is 27.1 Å². The predicted octanol–water partition coefficient (Wildman–Crippen LogP) is 1.80. The summed E-state index contributed by atoms with van der Waals surface area (Å²) in [6, 6.07) is 4.48. The van der Waals surface area contributed by atoms with E-state index < -0.39 is 11.7 Å². The molecule has 6 heteroatoms. The number of nitrogens with zero attached hydrogens (tertiary/aromatic N) is 1. The Morgan fingerprint density at radius 1 is 1.39 bits per heavy atom. The molecule has 18 heavy (non-hydrogen) atoms. The molecule has 4 nitrogen and oxygen atoms in total. The maximum atomic E-state index is 13.6. The van der Waals surface area contributed by atoms with E-state index in [1.54, 1.807) is 20.2 Å². The lowest BCUT2D eigenvalue weighted by atomic mass is 10.2. The summed E-state index contributed by atoms with van der Waals surface area (Å²) in [6.07, 6.45) is 0.189. The second kappa shape index (κ2) is 6.49. The zero-order valence-electron chi connectivity index (χ0n) is 10.2. The van der Waals surface area contributed by atoms with Gasteiger partial charge in [-0.05, 0) is 28.1 Å². The number of nitrogens with one attached hydrogen (secondary N) is 1. The molecule has 1 rings (SSSR count). The second-order valence-electron chi connectivity index (χ2n) is 3.90. The molecule has 0 unspecified atom stereocenters. The molecule has 0 bridgehead atoms. The summed E-state index contributed by atoms with van der Waals surface area (Å²) in [4.78, 5) is 24.4. The quantitative estimate of drug-likeness (QED) is 0.920. The van der Waals surface area contributed by atoms with Crippen LogP contribution in [0.3, 0.4) is 0 Å². The fourth-order valence-corrected chi connectivity index (χ4v) is 1.65. The lowest BCUT2D eigenvalue weighted by molar-refractivity contribution is -0.128. The third-order valence-electron chi connectivity index (χ3n) is 2.32. The summed E-state index contributed by atoms with van der Waals surface area (Å²) in [6.45, 7) is 0.182. The number of carbonyl (C=O) groups excluding carboxylic acids is 2. The first-order valence-electron chi connectivity index (χ1n) is 5.36. The molecule has 0 saturated carbocycles. The van der Waals surface area contributed by atoms with Gasteiger partial charge in [-0.3, -0.25) is 9.59 Å². The molecular weight excluding hydrogens is 303 g/mol. The first-order valence-corrected chi connectivity index (χ1v) is 6.15. The monoisotopic (exact) mass is 316 g/mol. The standard InChI is InChI=1S/C12H14BrFN2O2/c1-16(2)10(17)6-7-15-12(18)8-4-3-5-9(13)11(8)14/h3-5H,6-7H2,1-2H3,(H,15,18). The van der Waals surface area contributed by atoms with Crippen molar-refractivity contribution in [1.82, 2.24) is 10.2 Å². The molecule has 0 radical (unpaired) electrons. The third kappa shape index (κ3) is 3.80. The van der Waals surface area contributed by atoms with Crippen LogP contribution in [0.1, 0.15) is 16.8 Å². The van der Waals surface area contributed by atoms with Crippen molar-refractivity contribution in [3.8, 4) is 0 Å². The molecule has 0 spiro atoms. The Labute approximate surface area is 113 Å². The number of carbonyl (C=O) groups is 2. The minimum absolute atomic E-state index is 0.0401. The van der Waals surface area contributed by atoms with Crippen LogP contribution < -0.4 is 5.32 Å². The maximum absolute atomic E-state index is 13.6. The van der Waals surface area contributed by atoms with E-state index in [0.29, 0.717) is 0 Å². The van der Waals surface area contributed by atoms with Crippen LogP contribution in [0.5, 0.6) is 0 Å². The summed E-state index contributed by atoms with van der Waals surface area (Å²) in [5, 5.41) is 2.51. The molecule has 0 saturated heterocycles. The van der Waals surface area contributed by atoms with E-state index in [2.05, 4.69) is 21.2 Å². The van der Waals surface area contributed by atoms with Gasteiger partial charge < -0.3 is 10.2 Å². The van der Waals surface area contributed by atoms with Crippen LogP contribution in [0.15, 0.2) is 22.7 Å². The van der Waals surface area contributed by atoms with Gasteiger partial charge in [0.25, 0.3) is 5.91 Å². The molecule has 1 N–H and O–H groups in total. The SMILES string of the molecule is CN(C)C(=O)CCNC(=O)c1cccc(Br)c1F. The van der Waals surface area contributed by atoms with Crippen molar-refractivity contribution >= 4 is 27.7 Å².